The van der Waals surface area contributed by atoms with E-state index in [1.807, 2.05) is 0 Å². The van der Waals surface area contributed by atoms with E-state index in [4.69, 9.17) is 11.6 Å². The Kier molecular flexibility index (Phi) is 4.42. The van der Waals surface area contributed by atoms with Crippen LogP contribution in [0.15, 0.2) is 12.3 Å². The molecule has 4 nitrogen and oxygen atoms in total. The zero-order valence-electron chi connectivity index (χ0n) is 8.25. The van der Waals surface area contributed by atoms with Crippen molar-refractivity contribution in [3.8, 4) is 5.75 Å². The van der Waals surface area contributed by atoms with Crippen molar-refractivity contribution < 1.29 is 23.0 Å². The molecule has 0 aliphatic rings. The first-order valence-corrected chi connectivity index (χ1v) is 4.70. The fraction of sp³-hybridized carbons (Fsp3) is 0.333. The Morgan fingerprint density at radius 1 is 1.62 bits per heavy atom. The first-order valence-electron chi connectivity index (χ1n) is 4.32. The Bertz CT molecular complexity index is 387. The van der Waals surface area contributed by atoms with Gasteiger partial charge in [-0.15, -0.1) is 0 Å². The van der Waals surface area contributed by atoms with Gasteiger partial charge in [0.05, 0.1) is 17.8 Å². The lowest BCUT2D eigenvalue weighted by Gasteiger charge is -2.06. The number of aromatic nitrogens is 1. The monoisotopic (exact) mass is 251 g/mol. The van der Waals surface area contributed by atoms with Crippen LogP contribution in [0.2, 0.25) is 5.02 Å². The molecule has 7 heteroatoms. The molecule has 0 atom stereocenters. The van der Waals surface area contributed by atoms with Gasteiger partial charge < -0.3 is 9.47 Å². The highest BCUT2D eigenvalue weighted by molar-refractivity contribution is 6.33. The molecule has 0 saturated heterocycles. The summed E-state index contributed by atoms with van der Waals surface area (Å²) in [5.41, 5.74) is -0.134. The summed E-state index contributed by atoms with van der Waals surface area (Å²) in [5.74, 6) is -0.927. The van der Waals surface area contributed by atoms with Crippen LogP contribution in [0, 0.1) is 0 Å². The van der Waals surface area contributed by atoms with E-state index < -0.39 is 12.6 Å². The Balaban J connectivity index is 2.87. The van der Waals surface area contributed by atoms with Gasteiger partial charge in [-0.2, -0.15) is 8.78 Å². The van der Waals surface area contributed by atoms with E-state index in [0.29, 0.717) is 0 Å². The zero-order chi connectivity index (χ0) is 12.1. The smallest absolute Gasteiger partial charge is 0.387 e. The second-order valence-electron chi connectivity index (χ2n) is 2.60. The van der Waals surface area contributed by atoms with Gasteiger partial charge in [-0.3, -0.25) is 0 Å². The summed E-state index contributed by atoms with van der Waals surface area (Å²) in [7, 11) is 0. The molecule has 0 bridgehead atoms. The predicted octanol–water partition coefficient (Wildman–Crippen LogP) is 2.51. The van der Waals surface area contributed by atoms with E-state index in [9.17, 15) is 13.6 Å². The quantitative estimate of drug-likeness (QED) is 0.772. The largest absolute Gasteiger partial charge is 0.461 e. The SMILES string of the molecule is CCOC(=O)c1ncc(OC(F)F)cc1Cl. The number of halogens is 3. The zero-order valence-corrected chi connectivity index (χ0v) is 9.00. The van der Waals surface area contributed by atoms with Crippen LogP contribution in [-0.2, 0) is 4.74 Å². The van der Waals surface area contributed by atoms with Gasteiger partial charge in [-0.05, 0) is 6.92 Å². The van der Waals surface area contributed by atoms with Gasteiger partial charge in [0.2, 0.25) is 0 Å². The molecule has 0 spiro atoms. The van der Waals surface area contributed by atoms with Gasteiger partial charge in [0, 0.05) is 6.07 Å². The van der Waals surface area contributed by atoms with Crippen molar-refractivity contribution in [2.75, 3.05) is 6.61 Å². The van der Waals surface area contributed by atoms with Gasteiger partial charge >= 0.3 is 12.6 Å². The Hall–Kier alpha value is -1.43. The van der Waals surface area contributed by atoms with E-state index in [1.165, 1.54) is 0 Å². The van der Waals surface area contributed by atoms with Crippen LogP contribution < -0.4 is 4.74 Å². The molecule has 0 aliphatic heterocycles. The molecule has 16 heavy (non-hydrogen) atoms. The Morgan fingerprint density at radius 3 is 2.81 bits per heavy atom. The van der Waals surface area contributed by atoms with Crippen molar-refractivity contribution in [1.29, 1.82) is 0 Å². The van der Waals surface area contributed by atoms with Crippen molar-refractivity contribution in [1.82, 2.24) is 4.98 Å². The standard InChI is InChI=1S/C9H8ClF2NO3/c1-2-15-8(14)7-6(10)3-5(4-13-7)16-9(11)12/h3-4,9H,2H2,1H3. The fourth-order valence-corrected chi connectivity index (χ4v) is 1.17. The molecule has 1 aromatic rings. The average molecular weight is 252 g/mol. The topological polar surface area (TPSA) is 48.4 Å². The Labute approximate surface area is 95.1 Å². The molecule has 0 fully saturated rings. The molecule has 0 unspecified atom stereocenters. The van der Waals surface area contributed by atoms with Crippen LogP contribution in [0.3, 0.4) is 0 Å². The van der Waals surface area contributed by atoms with Crippen LogP contribution in [0.1, 0.15) is 17.4 Å². The van der Waals surface area contributed by atoms with Gasteiger partial charge in [0.25, 0.3) is 0 Å². The van der Waals surface area contributed by atoms with Gasteiger partial charge in [0.15, 0.2) is 5.69 Å². The lowest BCUT2D eigenvalue weighted by Crippen LogP contribution is -2.09. The number of esters is 1. The molecule has 0 aromatic carbocycles. The minimum atomic E-state index is -2.97. The molecular weight excluding hydrogens is 244 g/mol. The number of carbonyl (C=O) groups excluding carboxylic acids is 1. The minimum Gasteiger partial charge on any atom is -0.461 e. The molecule has 1 rings (SSSR count). The van der Waals surface area contributed by atoms with Crippen LogP contribution in [0.25, 0.3) is 0 Å². The highest BCUT2D eigenvalue weighted by atomic mass is 35.5. The van der Waals surface area contributed by atoms with Gasteiger partial charge in [-0.25, -0.2) is 9.78 Å². The maximum Gasteiger partial charge on any atom is 0.387 e. The molecule has 88 valence electrons. The molecule has 1 aromatic heterocycles. The van der Waals surface area contributed by atoms with Crippen LogP contribution in [0.4, 0.5) is 8.78 Å². The van der Waals surface area contributed by atoms with E-state index in [0.717, 1.165) is 12.3 Å². The number of hydrogen-bond donors (Lipinski definition) is 0. The van der Waals surface area contributed by atoms with Gasteiger partial charge in [-0.1, -0.05) is 11.6 Å². The molecule has 1 heterocycles. The van der Waals surface area contributed by atoms with E-state index in [-0.39, 0.29) is 23.1 Å². The van der Waals surface area contributed by atoms with E-state index in [2.05, 4.69) is 14.5 Å². The summed E-state index contributed by atoms with van der Waals surface area (Å²) in [6, 6.07) is 1.08. The molecule has 0 amide bonds. The number of hydrogen-bond acceptors (Lipinski definition) is 4. The van der Waals surface area contributed by atoms with Crippen molar-refractivity contribution in [2.24, 2.45) is 0 Å². The number of alkyl halides is 2. The van der Waals surface area contributed by atoms with Gasteiger partial charge in [0.1, 0.15) is 5.75 Å². The summed E-state index contributed by atoms with van der Waals surface area (Å²) in [4.78, 5) is 14.8. The number of ether oxygens (including phenoxy) is 2. The summed E-state index contributed by atoms with van der Waals surface area (Å²) < 4.78 is 32.4. The average Bonchev–Trinajstić information content (AvgIpc) is 2.16. The summed E-state index contributed by atoms with van der Waals surface area (Å²) >= 11 is 5.66. The number of pyridine rings is 1. The van der Waals surface area contributed by atoms with Crippen molar-refractivity contribution in [3.05, 3.63) is 23.0 Å². The van der Waals surface area contributed by atoms with Crippen molar-refractivity contribution >= 4 is 17.6 Å². The number of rotatable bonds is 4. The Morgan fingerprint density at radius 2 is 2.31 bits per heavy atom. The maximum atomic E-state index is 11.8. The summed E-state index contributed by atoms with van der Waals surface area (Å²) in [6.45, 7) is -1.17. The summed E-state index contributed by atoms with van der Waals surface area (Å²) in [5, 5.41) is -0.100. The van der Waals surface area contributed by atoms with E-state index >= 15 is 0 Å². The second-order valence-corrected chi connectivity index (χ2v) is 3.01. The second kappa shape index (κ2) is 5.60. The number of nitrogens with zero attached hydrogens (tertiary/aromatic N) is 1. The highest BCUT2D eigenvalue weighted by Crippen LogP contribution is 2.22. The fourth-order valence-electron chi connectivity index (χ4n) is 0.937. The molecule has 0 N–H and O–H groups in total. The molecule has 0 saturated carbocycles. The van der Waals surface area contributed by atoms with Crippen molar-refractivity contribution in [3.63, 3.8) is 0 Å². The third-order valence-electron chi connectivity index (χ3n) is 1.51. The third-order valence-corrected chi connectivity index (χ3v) is 1.80. The highest BCUT2D eigenvalue weighted by Gasteiger charge is 2.15. The third kappa shape index (κ3) is 3.30. The van der Waals surface area contributed by atoms with Crippen LogP contribution in [0.5, 0.6) is 5.75 Å². The lowest BCUT2D eigenvalue weighted by atomic mass is 10.3. The normalized spacial score (nSPS) is 10.3. The molecular formula is C9H8ClF2NO3. The first-order chi connectivity index (χ1) is 7.54. The predicted molar refractivity (Wildman–Crippen MR) is 51.8 cm³/mol. The summed E-state index contributed by atoms with van der Waals surface area (Å²) in [6.07, 6.45) is 0.976. The molecule has 0 aliphatic carbocycles. The maximum absolute atomic E-state index is 11.8. The van der Waals surface area contributed by atoms with Crippen LogP contribution in [-0.4, -0.2) is 24.2 Å². The first kappa shape index (κ1) is 12.6. The molecule has 0 radical (unpaired) electrons. The lowest BCUT2D eigenvalue weighted by molar-refractivity contribution is -0.0500. The van der Waals surface area contributed by atoms with Crippen molar-refractivity contribution in [2.45, 2.75) is 13.5 Å². The minimum absolute atomic E-state index is 0.100. The van der Waals surface area contributed by atoms with E-state index in [1.54, 1.807) is 6.92 Å². The van der Waals surface area contributed by atoms with Crippen LogP contribution >= 0.6 is 11.6 Å². The number of carbonyl (C=O) groups is 1.